The Bertz CT molecular complexity index is 561. The van der Waals surface area contributed by atoms with Crippen molar-refractivity contribution >= 4 is 0 Å². The van der Waals surface area contributed by atoms with Crippen molar-refractivity contribution in [3.63, 3.8) is 0 Å². The van der Waals surface area contributed by atoms with E-state index >= 15 is 0 Å². The Labute approximate surface area is 120 Å². The number of nitrogens with zero attached hydrogens (tertiary/aromatic N) is 4. The second-order valence-electron chi connectivity index (χ2n) is 5.09. The van der Waals surface area contributed by atoms with Gasteiger partial charge >= 0.3 is 0 Å². The van der Waals surface area contributed by atoms with E-state index in [2.05, 4.69) is 33.6 Å². The lowest BCUT2D eigenvalue weighted by molar-refractivity contribution is 0.593. The Balaban J connectivity index is 2.21. The van der Waals surface area contributed by atoms with Crippen molar-refractivity contribution in [2.45, 2.75) is 52.6 Å². The van der Waals surface area contributed by atoms with Crippen LogP contribution in [0.1, 0.15) is 49.1 Å². The molecule has 0 saturated carbocycles. The highest BCUT2D eigenvalue weighted by Crippen LogP contribution is 2.19. The Morgan fingerprint density at radius 1 is 1.30 bits per heavy atom. The van der Waals surface area contributed by atoms with E-state index in [0.717, 1.165) is 48.6 Å². The lowest BCUT2D eigenvalue weighted by atomic mass is 10.0. The maximum absolute atomic E-state index is 6.38. The quantitative estimate of drug-likeness (QED) is 0.876. The largest absolute Gasteiger partial charge is 0.335 e. The van der Waals surface area contributed by atoms with Crippen LogP contribution in [0.4, 0.5) is 0 Å². The fraction of sp³-hybridized carbons (Fsp3) is 0.533. The number of hydrogen-bond acceptors (Lipinski definition) is 4. The molecule has 0 radical (unpaired) electrons. The highest BCUT2D eigenvalue weighted by atomic mass is 15.1. The molecule has 2 aromatic heterocycles. The monoisotopic (exact) mass is 273 g/mol. The molecule has 0 aromatic carbocycles. The van der Waals surface area contributed by atoms with Gasteiger partial charge in [-0.2, -0.15) is 10.2 Å². The molecule has 0 spiro atoms. The van der Waals surface area contributed by atoms with Crippen molar-refractivity contribution in [3.05, 3.63) is 41.2 Å². The molecule has 0 aliphatic heterocycles. The molecule has 108 valence electrons. The zero-order valence-electron chi connectivity index (χ0n) is 12.5. The molecule has 1 unspecified atom stereocenters. The Morgan fingerprint density at radius 2 is 2.10 bits per heavy atom. The minimum Gasteiger partial charge on any atom is -0.335 e. The van der Waals surface area contributed by atoms with Crippen LogP contribution in [0, 0.1) is 6.92 Å². The molecule has 2 aromatic rings. The summed E-state index contributed by atoms with van der Waals surface area (Å²) in [6.07, 6.45) is 6.52. The third kappa shape index (κ3) is 3.22. The number of nitrogens with two attached hydrogens (primary N) is 1. The van der Waals surface area contributed by atoms with Crippen molar-refractivity contribution < 1.29 is 0 Å². The SMILES string of the molecule is CCCn1ccnc1CC(N)c1cc(C)nnc1CC. The molecule has 0 saturated heterocycles. The fourth-order valence-electron chi connectivity index (χ4n) is 2.41. The van der Waals surface area contributed by atoms with Crippen molar-refractivity contribution in [2.75, 3.05) is 0 Å². The van der Waals surface area contributed by atoms with Crippen LogP contribution in [0.3, 0.4) is 0 Å². The van der Waals surface area contributed by atoms with Crippen LogP contribution in [0.2, 0.25) is 0 Å². The molecule has 2 heterocycles. The van der Waals surface area contributed by atoms with Gasteiger partial charge in [0.1, 0.15) is 5.82 Å². The first-order chi connectivity index (χ1) is 9.65. The zero-order chi connectivity index (χ0) is 14.5. The Hall–Kier alpha value is -1.75. The number of aromatic nitrogens is 4. The standard InChI is InChI=1S/C15H23N5/c1-4-7-20-8-6-17-15(20)10-13(16)12-9-11(3)18-19-14(12)5-2/h6,8-9,13H,4-5,7,10,16H2,1-3H3. The summed E-state index contributed by atoms with van der Waals surface area (Å²) in [6, 6.07) is 1.96. The number of aryl methyl sites for hydroxylation is 3. The third-order valence-electron chi connectivity index (χ3n) is 3.43. The van der Waals surface area contributed by atoms with Crippen molar-refractivity contribution in [1.82, 2.24) is 19.7 Å². The van der Waals surface area contributed by atoms with Gasteiger partial charge in [0.15, 0.2) is 0 Å². The van der Waals surface area contributed by atoms with Gasteiger partial charge in [0.05, 0.1) is 11.4 Å². The van der Waals surface area contributed by atoms with E-state index in [1.54, 1.807) is 0 Å². The van der Waals surface area contributed by atoms with Crippen LogP contribution in [-0.2, 0) is 19.4 Å². The minimum atomic E-state index is -0.0860. The van der Waals surface area contributed by atoms with Crippen LogP contribution in [0.25, 0.3) is 0 Å². The van der Waals surface area contributed by atoms with Gasteiger partial charge in [0.2, 0.25) is 0 Å². The lowest BCUT2D eigenvalue weighted by Crippen LogP contribution is -2.19. The maximum Gasteiger partial charge on any atom is 0.110 e. The minimum absolute atomic E-state index is 0.0860. The molecule has 2 rings (SSSR count). The second-order valence-corrected chi connectivity index (χ2v) is 5.09. The topological polar surface area (TPSA) is 69.6 Å². The van der Waals surface area contributed by atoms with Crippen LogP contribution >= 0.6 is 0 Å². The summed E-state index contributed by atoms with van der Waals surface area (Å²) >= 11 is 0. The number of hydrogen-bond donors (Lipinski definition) is 1. The van der Waals surface area contributed by atoms with Crippen LogP contribution in [0.5, 0.6) is 0 Å². The summed E-state index contributed by atoms with van der Waals surface area (Å²) in [6.45, 7) is 7.17. The van der Waals surface area contributed by atoms with E-state index in [-0.39, 0.29) is 6.04 Å². The molecule has 20 heavy (non-hydrogen) atoms. The third-order valence-corrected chi connectivity index (χ3v) is 3.43. The van der Waals surface area contributed by atoms with E-state index in [9.17, 15) is 0 Å². The van der Waals surface area contributed by atoms with Gasteiger partial charge in [-0.05, 0) is 31.4 Å². The van der Waals surface area contributed by atoms with Gasteiger partial charge < -0.3 is 10.3 Å². The molecule has 2 N–H and O–H groups in total. The van der Waals surface area contributed by atoms with Crippen LogP contribution in [-0.4, -0.2) is 19.7 Å². The summed E-state index contributed by atoms with van der Waals surface area (Å²) in [5.41, 5.74) is 9.35. The fourth-order valence-corrected chi connectivity index (χ4v) is 2.41. The van der Waals surface area contributed by atoms with Gasteiger partial charge in [0, 0.05) is 31.4 Å². The Morgan fingerprint density at radius 3 is 2.80 bits per heavy atom. The summed E-state index contributed by atoms with van der Waals surface area (Å²) in [5.74, 6) is 1.04. The normalized spacial score (nSPS) is 12.6. The smallest absolute Gasteiger partial charge is 0.110 e. The summed E-state index contributed by atoms with van der Waals surface area (Å²) in [4.78, 5) is 4.43. The maximum atomic E-state index is 6.38. The van der Waals surface area contributed by atoms with E-state index in [1.807, 2.05) is 25.4 Å². The highest BCUT2D eigenvalue weighted by molar-refractivity contribution is 5.25. The van der Waals surface area contributed by atoms with E-state index in [4.69, 9.17) is 5.73 Å². The molecule has 1 atom stereocenters. The molecule has 0 fully saturated rings. The van der Waals surface area contributed by atoms with E-state index in [0.29, 0.717) is 0 Å². The summed E-state index contributed by atoms with van der Waals surface area (Å²) < 4.78 is 2.17. The Kier molecular flexibility index (Phi) is 4.84. The average Bonchev–Trinajstić information content (AvgIpc) is 2.86. The average molecular weight is 273 g/mol. The first-order valence-electron chi connectivity index (χ1n) is 7.24. The van der Waals surface area contributed by atoms with E-state index in [1.165, 1.54) is 0 Å². The van der Waals surface area contributed by atoms with Crippen LogP contribution in [0.15, 0.2) is 18.5 Å². The number of imidazole rings is 1. The number of rotatable bonds is 6. The molecule has 5 nitrogen and oxygen atoms in total. The van der Waals surface area contributed by atoms with Gasteiger partial charge in [-0.15, -0.1) is 0 Å². The lowest BCUT2D eigenvalue weighted by Gasteiger charge is -2.16. The molecular weight excluding hydrogens is 250 g/mol. The van der Waals surface area contributed by atoms with Crippen molar-refractivity contribution in [2.24, 2.45) is 5.73 Å². The van der Waals surface area contributed by atoms with Crippen molar-refractivity contribution in [3.8, 4) is 0 Å². The second kappa shape index (κ2) is 6.61. The first kappa shape index (κ1) is 14.7. The zero-order valence-corrected chi connectivity index (χ0v) is 12.5. The predicted octanol–water partition coefficient (Wildman–Crippen LogP) is 2.20. The molecule has 0 aliphatic rings. The van der Waals surface area contributed by atoms with E-state index < -0.39 is 0 Å². The summed E-state index contributed by atoms with van der Waals surface area (Å²) in [5, 5.41) is 8.36. The van der Waals surface area contributed by atoms with Crippen LogP contribution < -0.4 is 5.73 Å². The molecule has 5 heteroatoms. The van der Waals surface area contributed by atoms with Gasteiger partial charge in [0.25, 0.3) is 0 Å². The molecular formula is C15H23N5. The molecule has 0 bridgehead atoms. The first-order valence-corrected chi connectivity index (χ1v) is 7.24. The van der Waals surface area contributed by atoms with Gasteiger partial charge in [-0.1, -0.05) is 13.8 Å². The van der Waals surface area contributed by atoms with Gasteiger partial charge in [-0.25, -0.2) is 4.98 Å². The van der Waals surface area contributed by atoms with Crippen molar-refractivity contribution in [1.29, 1.82) is 0 Å². The van der Waals surface area contributed by atoms with Gasteiger partial charge in [-0.3, -0.25) is 0 Å². The highest BCUT2D eigenvalue weighted by Gasteiger charge is 2.15. The predicted molar refractivity (Wildman–Crippen MR) is 79.3 cm³/mol. The summed E-state index contributed by atoms with van der Waals surface area (Å²) in [7, 11) is 0. The molecule has 0 aliphatic carbocycles. The molecule has 0 amide bonds.